The molecule has 2 aromatic rings. The third kappa shape index (κ3) is 5.54. The molecule has 0 radical (unpaired) electrons. The van der Waals surface area contributed by atoms with E-state index in [1.807, 2.05) is 48.5 Å². The number of rotatable bonds is 9. The van der Waals surface area contributed by atoms with E-state index < -0.39 is 35.8 Å². The van der Waals surface area contributed by atoms with Gasteiger partial charge >= 0.3 is 12.1 Å². The number of carbonyl (C=O) groups excluding carboxylic acids is 3. The fourth-order valence-electron chi connectivity index (χ4n) is 4.02. The summed E-state index contributed by atoms with van der Waals surface area (Å²) in [7, 11) is 1.48. The maximum Gasteiger partial charge on any atom is 0.407 e. The van der Waals surface area contributed by atoms with Crippen LogP contribution in [0.2, 0.25) is 0 Å². The van der Waals surface area contributed by atoms with Crippen LogP contribution >= 0.6 is 0 Å². The minimum absolute atomic E-state index is 0.0327. The van der Waals surface area contributed by atoms with Crippen molar-refractivity contribution in [2.75, 3.05) is 20.2 Å². The Morgan fingerprint density at radius 3 is 2.09 bits per heavy atom. The molecular weight excluding hydrogens is 438 g/mol. The van der Waals surface area contributed by atoms with Crippen LogP contribution in [0.4, 0.5) is 4.79 Å². The first-order valence-electron chi connectivity index (χ1n) is 11.0. The monoisotopic (exact) mass is 467 g/mol. The Kier molecular flexibility index (Phi) is 7.55. The lowest BCUT2D eigenvalue weighted by atomic mass is 9.92. The van der Waals surface area contributed by atoms with E-state index in [9.17, 15) is 24.3 Å². The first-order valence-corrected chi connectivity index (χ1v) is 11.0. The molecule has 0 bridgehead atoms. The molecule has 0 spiro atoms. The summed E-state index contributed by atoms with van der Waals surface area (Å²) in [6.07, 6.45) is -1.52. The Morgan fingerprint density at radius 2 is 1.56 bits per heavy atom. The van der Waals surface area contributed by atoms with E-state index in [0.717, 1.165) is 22.3 Å². The van der Waals surface area contributed by atoms with E-state index in [1.54, 1.807) is 13.8 Å². The van der Waals surface area contributed by atoms with Gasteiger partial charge in [-0.2, -0.15) is 0 Å². The van der Waals surface area contributed by atoms with Crippen LogP contribution in [0.1, 0.15) is 37.3 Å². The Morgan fingerprint density at radius 1 is 1.00 bits per heavy atom. The van der Waals surface area contributed by atoms with E-state index in [1.165, 1.54) is 7.05 Å². The van der Waals surface area contributed by atoms with Crippen LogP contribution in [-0.4, -0.2) is 55.2 Å². The van der Waals surface area contributed by atoms with Crippen LogP contribution in [0.5, 0.6) is 0 Å². The Balaban J connectivity index is 1.64. The van der Waals surface area contributed by atoms with Crippen molar-refractivity contribution in [1.29, 1.82) is 0 Å². The number of amides is 3. The van der Waals surface area contributed by atoms with Gasteiger partial charge in [-0.3, -0.25) is 14.4 Å². The second-order valence-corrected chi connectivity index (χ2v) is 8.80. The highest BCUT2D eigenvalue weighted by Gasteiger charge is 2.32. The molecule has 3 rings (SSSR count). The fraction of sp³-hybridized carbons (Fsp3) is 0.360. The van der Waals surface area contributed by atoms with Gasteiger partial charge in [0, 0.05) is 19.5 Å². The summed E-state index contributed by atoms with van der Waals surface area (Å²) in [5, 5.41) is 16.6. The number of alkyl carbamates (subject to hydrolysis) is 1. The molecule has 0 saturated carbocycles. The van der Waals surface area contributed by atoms with Crippen LogP contribution in [0.25, 0.3) is 11.1 Å². The van der Waals surface area contributed by atoms with Gasteiger partial charge in [0.15, 0.2) is 0 Å². The average Bonchev–Trinajstić information content (AvgIpc) is 3.13. The van der Waals surface area contributed by atoms with Gasteiger partial charge in [-0.25, -0.2) is 4.79 Å². The summed E-state index contributed by atoms with van der Waals surface area (Å²) >= 11 is 0. The van der Waals surface area contributed by atoms with E-state index >= 15 is 0 Å². The molecule has 180 valence electrons. The molecule has 0 heterocycles. The van der Waals surface area contributed by atoms with Crippen molar-refractivity contribution in [3.63, 3.8) is 0 Å². The van der Waals surface area contributed by atoms with E-state index in [-0.39, 0.29) is 25.0 Å². The molecule has 1 unspecified atom stereocenters. The smallest absolute Gasteiger partial charge is 0.407 e. The lowest BCUT2D eigenvalue weighted by Gasteiger charge is -2.24. The SMILES string of the molecule is CNC(=O)C(C)(C)CNC(=O)C(CC(=O)O)NC(=O)OCC1c2ccccc2-c2ccccc21. The molecule has 1 aliphatic carbocycles. The normalized spacial score (nSPS) is 13.3. The van der Waals surface area contributed by atoms with Crippen molar-refractivity contribution < 1.29 is 29.0 Å². The van der Waals surface area contributed by atoms with E-state index in [4.69, 9.17) is 4.74 Å². The number of ether oxygens (including phenoxy) is 1. The lowest BCUT2D eigenvalue weighted by molar-refractivity contribution is -0.140. The first-order chi connectivity index (χ1) is 16.1. The molecule has 1 aliphatic rings. The standard InChI is InChI=1S/C25H29N3O6/c1-25(2,23(32)26-3)14-27-22(31)20(12-21(29)30)28-24(33)34-13-19-17-10-6-4-8-15(17)16-9-5-7-11-18(16)19/h4-11,19-20H,12-14H2,1-3H3,(H,26,32)(H,27,31)(H,28,33)(H,29,30). The predicted octanol–water partition coefficient (Wildman–Crippen LogP) is 2.26. The van der Waals surface area contributed by atoms with E-state index in [2.05, 4.69) is 16.0 Å². The summed E-state index contributed by atoms with van der Waals surface area (Å²) in [4.78, 5) is 48.3. The molecule has 0 saturated heterocycles. The molecule has 0 aliphatic heterocycles. The Labute approximate surface area is 197 Å². The van der Waals surface area contributed by atoms with Gasteiger partial charge in [0.25, 0.3) is 0 Å². The number of carbonyl (C=O) groups is 4. The number of carboxylic acid groups (broad SMARTS) is 1. The van der Waals surface area contributed by atoms with Crippen molar-refractivity contribution in [2.24, 2.45) is 5.41 Å². The van der Waals surface area contributed by atoms with Crippen LogP contribution < -0.4 is 16.0 Å². The summed E-state index contributed by atoms with van der Waals surface area (Å²) < 4.78 is 5.42. The Bertz CT molecular complexity index is 1050. The third-order valence-electron chi connectivity index (χ3n) is 5.88. The number of nitrogens with one attached hydrogen (secondary N) is 3. The zero-order valence-corrected chi connectivity index (χ0v) is 19.4. The molecule has 2 aromatic carbocycles. The molecule has 9 heteroatoms. The van der Waals surface area contributed by atoms with Crippen LogP contribution in [0.15, 0.2) is 48.5 Å². The van der Waals surface area contributed by atoms with Gasteiger partial charge in [0.1, 0.15) is 12.6 Å². The number of hydrogen-bond donors (Lipinski definition) is 4. The van der Waals surface area contributed by atoms with Crippen molar-refractivity contribution in [3.05, 3.63) is 59.7 Å². The first kappa shape index (κ1) is 24.8. The second-order valence-electron chi connectivity index (χ2n) is 8.80. The minimum Gasteiger partial charge on any atom is -0.481 e. The number of hydrogen-bond acceptors (Lipinski definition) is 5. The summed E-state index contributed by atoms with van der Waals surface area (Å²) in [5.74, 6) is -2.43. The molecule has 9 nitrogen and oxygen atoms in total. The van der Waals surface area contributed by atoms with Gasteiger partial charge in [-0.15, -0.1) is 0 Å². The van der Waals surface area contributed by atoms with Crippen molar-refractivity contribution in [1.82, 2.24) is 16.0 Å². The minimum atomic E-state index is -1.35. The quantitative estimate of drug-likeness (QED) is 0.447. The van der Waals surface area contributed by atoms with Gasteiger partial charge in [-0.05, 0) is 36.1 Å². The van der Waals surface area contributed by atoms with Crippen LogP contribution in [0.3, 0.4) is 0 Å². The van der Waals surface area contributed by atoms with Crippen LogP contribution in [-0.2, 0) is 19.1 Å². The number of benzene rings is 2. The average molecular weight is 468 g/mol. The zero-order valence-electron chi connectivity index (χ0n) is 19.4. The third-order valence-corrected chi connectivity index (χ3v) is 5.88. The number of fused-ring (bicyclic) bond motifs is 3. The summed E-state index contributed by atoms with van der Waals surface area (Å²) in [5.41, 5.74) is 3.31. The Hall–Kier alpha value is -3.88. The molecule has 4 N–H and O–H groups in total. The molecule has 0 aromatic heterocycles. The second kappa shape index (κ2) is 10.4. The lowest BCUT2D eigenvalue weighted by Crippen LogP contribution is -2.51. The maximum absolute atomic E-state index is 12.6. The molecular formula is C25H29N3O6. The predicted molar refractivity (Wildman–Crippen MR) is 125 cm³/mol. The largest absolute Gasteiger partial charge is 0.481 e. The fourth-order valence-corrected chi connectivity index (χ4v) is 4.02. The summed E-state index contributed by atoms with van der Waals surface area (Å²) in [6.45, 7) is 3.27. The summed E-state index contributed by atoms with van der Waals surface area (Å²) in [6, 6.07) is 14.4. The molecule has 3 amide bonds. The highest BCUT2D eigenvalue weighted by Crippen LogP contribution is 2.44. The van der Waals surface area contributed by atoms with Gasteiger partial charge in [0.05, 0.1) is 11.8 Å². The van der Waals surface area contributed by atoms with E-state index in [0.29, 0.717) is 0 Å². The van der Waals surface area contributed by atoms with Gasteiger partial charge in [-0.1, -0.05) is 48.5 Å². The topological polar surface area (TPSA) is 134 Å². The van der Waals surface area contributed by atoms with Crippen molar-refractivity contribution in [3.8, 4) is 11.1 Å². The van der Waals surface area contributed by atoms with Crippen molar-refractivity contribution >= 4 is 23.9 Å². The molecule has 1 atom stereocenters. The zero-order chi connectivity index (χ0) is 24.9. The van der Waals surface area contributed by atoms with Gasteiger partial charge < -0.3 is 25.8 Å². The highest BCUT2D eigenvalue weighted by atomic mass is 16.5. The molecule has 34 heavy (non-hydrogen) atoms. The van der Waals surface area contributed by atoms with Crippen LogP contribution in [0, 0.1) is 5.41 Å². The maximum atomic E-state index is 12.6. The highest BCUT2D eigenvalue weighted by molar-refractivity contribution is 5.90. The number of aliphatic carboxylic acids is 1. The van der Waals surface area contributed by atoms with Gasteiger partial charge in [0.2, 0.25) is 11.8 Å². The molecule has 0 fully saturated rings. The number of carboxylic acids is 1. The van der Waals surface area contributed by atoms with Crippen molar-refractivity contribution in [2.45, 2.75) is 32.2 Å².